The number of anilines is 1. The first-order valence-corrected chi connectivity index (χ1v) is 10.8. The smallest absolute Gasteiger partial charge is 0.272 e. The lowest BCUT2D eigenvalue weighted by Gasteiger charge is -2.09. The molecule has 9 nitrogen and oxygen atoms in total. The molecule has 1 aromatic heterocycles. The normalized spacial score (nSPS) is 10.7. The van der Waals surface area contributed by atoms with Crippen LogP contribution in [0.4, 0.5) is 11.5 Å². The fourth-order valence-corrected chi connectivity index (χ4v) is 3.63. The van der Waals surface area contributed by atoms with E-state index >= 15 is 0 Å². The second-order valence-corrected chi connectivity index (χ2v) is 7.76. The molecule has 3 aromatic carbocycles. The van der Waals surface area contributed by atoms with Crippen LogP contribution >= 0.6 is 0 Å². The molecule has 34 heavy (non-hydrogen) atoms. The van der Waals surface area contributed by atoms with Crippen LogP contribution in [0.25, 0.3) is 21.9 Å². The highest BCUT2D eigenvalue weighted by molar-refractivity contribution is 5.90. The van der Waals surface area contributed by atoms with E-state index in [0.717, 1.165) is 22.1 Å². The van der Waals surface area contributed by atoms with E-state index in [2.05, 4.69) is 20.8 Å². The van der Waals surface area contributed by atoms with Gasteiger partial charge in [0, 0.05) is 30.6 Å². The molecule has 1 amide bonds. The molecule has 0 saturated carbocycles. The van der Waals surface area contributed by atoms with Crippen molar-refractivity contribution >= 4 is 28.2 Å². The van der Waals surface area contributed by atoms with Crippen molar-refractivity contribution in [2.24, 2.45) is 0 Å². The Balaban J connectivity index is 1.24. The number of benzene rings is 3. The molecule has 0 saturated heterocycles. The molecular formula is C25H23N5O4. The van der Waals surface area contributed by atoms with Gasteiger partial charge in [0.05, 0.1) is 16.7 Å². The highest BCUT2D eigenvalue weighted by Gasteiger charge is 2.09. The lowest BCUT2D eigenvalue weighted by Crippen LogP contribution is -2.27. The van der Waals surface area contributed by atoms with E-state index in [4.69, 9.17) is 0 Å². The van der Waals surface area contributed by atoms with E-state index in [1.807, 2.05) is 42.5 Å². The number of rotatable bonds is 9. The average molecular weight is 457 g/mol. The lowest BCUT2D eigenvalue weighted by molar-refractivity contribution is -0.384. The van der Waals surface area contributed by atoms with Crippen molar-refractivity contribution in [3.05, 3.63) is 98.8 Å². The first-order chi connectivity index (χ1) is 16.5. The predicted molar refractivity (Wildman–Crippen MR) is 131 cm³/mol. The van der Waals surface area contributed by atoms with Gasteiger partial charge in [-0.2, -0.15) is 5.10 Å². The van der Waals surface area contributed by atoms with E-state index in [1.54, 1.807) is 18.2 Å². The zero-order valence-electron chi connectivity index (χ0n) is 18.3. The number of nitro benzene ring substituents is 1. The zero-order valence-corrected chi connectivity index (χ0v) is 18.3. The van der Waals surface area contributed by atoms with Crippen LogP contribution in [0.5, 0.6) is 0 Å². The Morgan fingerprint density at radius 3 is 2.47 bits per heavy atom. The van der Waals surface area contributed by atoms with Gasteiger partial charge in [-0.1, -0.05) is 54.6 Å². The largest absolute Gasteiger partial charge is 0.368 e. The lowest BCUT2D eigenvalue weighted by atomic mass is 10.0. The van der Waals surface area contributed by atoms with Crippen molar-refractivity contribution in [2.45, 2.75) is 12.8 Å². The zero-order chi connectivity index (χ0) is 23.9. The maximum absolute atomic E-state index is 12.3. The number of H-pyrrole nitrogens is 1. The number of fused-ring (bicyclic) bond motifs is 1. The average Bonchev–Trinajstić information content (AvgIpc) is 2.86. The number of nitrogens with one attached hydrogen (secondary N) is 3. The summed E-state index contributed by atoms with van der Waals surface area (Å²) in [5, 5.41) is 24.9. The highest BCUT2D eigenvalue weighted by Crippen LogP contribution is 2.24. The maximum Gasteiger partial charge on any atom is 0.272 e. The number of non-ortho nitro benzene ring substituents is 1. The Kier molecular flexibility index (Phi) is 6.92. The number of aromatic nitrogens is 2. The van der Waals surface area contributed by atoms with E-state index in [9.17, 15) is 19.7 Å². The number of hydrogen-bond donors (Lipinski definition) is 3. The van der Waals surface area contributed by atoms with Crippen LogP contribution < -0.4 is 16.2 Å². The van der Waals surface area contributed by atoms with E-state index in [-0.39, 0.29) is 23.6 Å². The SMILES string of the molecule is O=C(Cc1ccc(-c2cccc([N+](=O)[O-])c2)cc1)NCCCNc1n[nH]c(=O)c2ccccc12. The molecule has 0 unspecified atom stereocenters. The molecule has 1 heterocycles. The number of nitro groups is 1. The predicted octanol–water partition coefficient (Wildman–Crippen LogP) is 3.66. The van der Waals surface area contributed by atoms with E-state index in [0.29, 0.717) is 30.7 Å². The second-order valence-electron chi connectivity index (χ2n) is 7.76. The number of amides is 1. The van der Waals surface area contributed by atoms with Crippen molar-refractivity contribution in [1.82, 2.24) is 15.5 Å². The quantitative estimate of drug-likeness (QED) is 0.200. The number of hydrogen-bond acceptors (Lipinski definition) is 6. The van der Waals surface area contributed by atoms with Gasteiger partial charge in [-0.05, 0) is 29.2 Å². The van der Waals surface area contributed by atoms with Gasteiger partial charge < -0.3 is 10.6 Å². The van der Waals surface area contributed by atoms with Gasteiger partial charge in [-0.25, -0.2) is 5.10 Å². The molecule has 172 valence electrons. The third-order valence-corrected chi connectivity index (χ3v) is 5.37. The number of carbonyl (C=O) groups excluding carboxylic acids is 1. The molecule has 0 aliphatic heterocycles. The fraction of sp³-hybridized carbons (Fsp3) is 0.160. The topological polar surface area (TPSA) is 130 Å². The number of carbonyl (C=O) groups is 1. The Bertz CT molecular complexity index is 1380. The minimum atomic E-state index is -0.420. The molecule has 4 aromatic rings. The minimum Gasteiger partial charge on any atom is -0.368 e. The molecule has 0 aliphatic rings. The van der Waals surface area contributed by atoms with Crippen LogP contribution in [0, 0.1) is 10.1 Å². The molecule has 0 aliphatic carbocycles. The molecule has 9 heteroatoms. The van der Waals surface area contributed by atoms with Crippen LogP contribution in [0.15, 0.2) is 77.6 Å². The number of aromatic amines is 1. The van der Waals surface area contributed by atoms with E-state index < -0.39 is 4.92 Å². The number of nitrogens with zero attached hydrogens (tertiary/aromatic N) is 2. The molecule has 3 N–H and O–H groups in total. The van der Waals surface area contributed by atoms with Crippen LogP contribution in [-0.2, 0) is 11.2 Å². The molecule has 0 spiro atoms. The molecule has 0 bridgehead atoms. The Labute approximate surface area is 195 Å². The minimum absolute atomic E-state index is 0.0416. The van der Waals surface area contributed by atoms with Gasteiger partial charge in [0.25, 0.3) is 11.2 Å². The van der Waals surface area contributed by atoms with E-state index in [1.165, 1.54) is 12.1 Å². The summed E-state index contributed by atoms with van der Waals surface area (Å²) in [6, 6.07) is 21.1. The van der Waals surface area contributed by atoms with Crippen LogP contribution in [0.3, 0.4) is 0 Å². The van der Waals surface area contributed by atoms with Crippen LogP contribution in [0.1, 0.15) is 12.0 Å². The van der Waals surface area contributed by atoms with Crippen LogP contribution in [0.2, 0.25) is 0 Å². The van der Waals surface area contributed by atoms with Gasteiger partial charge in [-0.3, -0.25) is 19.7 Å². The van der Waals surface area contributed by atoms with Gasteiger partial charge in [0.15, 0.2) is 5.82 Å². The van der Waals surface area contributed by atoms with Crippen molar-refractivity contribution in [3.8, 4) is 11.1 Å². The Morgan fingerprint density at radius 2 is 1.71 bits per heavy atom. The maximum atomic E-state index is 12.3. The molecule has 0 fully saturated rings. The summed E-state index contributed by atoms with van der Waals surface area (Å²) in [6.45, 7) is 1.08. The van der Waals surface area contributed by atoms with Crippen LogP contribution in [-0.4, -0.2) is 34.1 Å². The third kappa shape index (κ3) is 5.44. The monoisotopic (exact) mass is 457 g/mol. The summed E-state index contributed by atoms with van der Waals surface area (Å²) in [5.41, 5.74) is 2.27. The second kappa shape index (κ2) is 10.4. The summed E-state index contributed by atoms with van der Waals surface area (Å²) < 4.78 is 0. The van der Waals surface area contributed by atoms with Crippen molar-refractivity contribution < 1.29 is 9.72 Å². The third-order valence-electron chi connectivity index (χ3n) is 5.37. The first kappa shape index (κ1) is 22.7. The highest BCUT2D eigenvalue weighted by atomic mass is 16.6. The summed E-state index contributed by atoms with van der Waals surface area (Å²) in [7, 11) is 0. The van der Waals surface area contributed by atoms with Gasteiger partial charge >= 0.3 is 0 Å². The van der Waals surface area contributed by atoms with Gasteiger partial charge in [0.1, 0.15) is 0 Å². The summed E-state index contributed by atoms with van der Waals surface area (Å²) in [5.74, 6) is 0.515. The molecule has 0 radical (unpaired) electrons. The first-order valence-electron chi connectivity index (χ1n) is 10.8. The summed E-state index contributed by atoms with van der Waals surface area (Å²) in [6.07, 6.45) is 0.932. The molecular weight excluding hydrogens is 434 g/mol. The van der Waals surface area contributed by atoms with Crippen molar-refractivity contribution in [2.75, 3.05) is 18.4 Å². The Hall–Kier alpha value is -4.53. The van der Waals surface area contributed by atoms with Crippen molar-refractivity contribution in [3.63, 3.8) is 0 Å². The Morgan fingerprint density at radius 1 is 0.941 bits per heavy atom. The van der Waals surface area contributed by atoms with Gasteiger partial charge in [-0.15, -0.1) is 0 Å². The summed E-state index contributed by atoms with van der Waals surface area (Å²) >= 11 is 0. The standard InChI is InChI=1S/C25H23N5O4/c31-23(15-17-9-11-18(12-10-17)19-5-3-6-20(16-19)30(33)34)26-13-4-14-27-24-21-7-1-2-8-22(21)25(32)29-28-24/h1-3,5-12,16H,4,13-15H2,(H,26,31)(H,27,28)(H,29,32). The molecule has 0 atom stereocenters. The van der Waals surface area contributed by atoms with Crippen molar-refractivity contribution in [1.29, 1.82) is 0 Å². The molecule has 4 rings (SSSR count). The fourth-order valence-electron chi connectivity index (χ4n) is 3.63. The summed E-state index contributed by atoms with van der Waals surface area (Å²) in [4.78, 5) is 34.7. The van der Waals surface area contributed by atoms with Gasteiger partial charge in [0.2, 0.25) is 5.91 Å².